The van der Waals surface area contributed by atoms with Gasteiger partial charge in [0.1, 0.15) is 0 Å². The summed E-state index contributed by atoms with van der Waals surface area (Å²) in [5.74, 6) is 6.73. The highest BCUT2D eigenvalue weighted by atomic mass is 15.3. The molecule has 0 radical (unpaired) electrons. The van der Waals surface area contributed by atoms with Crippen LogP contribution >= 0.6 is 0 Å². The third kappa shape index (κ3) is 3.96. The molecule has 0 saturated heterocycles. The van der Waals surface area contributed by atoms with Crippen LogP contribution in [0.15, 0.2) is 29.3 Å². The molecule has 1 aromatic rings. The summed E-state index contributed by atoms with van der Waals surface area (Å²) in [4.78, 5) is 4.63. The minimum Gasteiger partial charge on any atom is -0.325 e. The van der Waals surface area contributed by atoms with Crippen molar-refractivity contribution in [3.8, 4) is 0 Å². The van der Waals surface area contributed by atoms with Gasteiger partial charge in [0.05, 0.1) is 6.04 Å². The first kappa shape index (κ1) is 13.9. The van der Waals surface area contributed by atoms with Gasteiger partial charge < -0.3 is 5.32 Å². The van der Waals surface area contributed by atoms with Crippen LogP contribution in [0.4, 0.5) is 5.69 Å². The number of hydrogen-bond donors (Lipinski definition) is 3. The third-order valence-corrected chi connectivity index (χ3v) is 3.59. The Hall–Kier alpha value is -1.55. The summed E-state index contributed by atoms with van der Waals surface area (Å²) in [5.41, 5.74) is 5.00. The summed E-state index contributed by atoms with van der Waals surface area (Å²) in [6, 6.07) is 8.78. The summed E-state index contributed by atoms with van der Waals surface area (Å²) in [6.45, 7) is 4.38. The van der Waals surface area contributed by atoms with Crippen LogP contribution in [0.1, 0.15) is 51.0 Å². The van der Waals surface area contributed by atoms with E-state index in [1.54, 1.807) is 0 Å². The van der Waals surface area contributed by atoms with Crippen LogP contribution in [0.25, 0.3) is 0 Å². The van der Waals surface area contributed by atoms with Crippen molar-refractivity contribution in [3.05, 3.63) is 29.8 Å². The van der Waals surface area contributed by atoms with Crippen LogP contribution < -0.4 is 16.6 Å². The molecule has 19 heavy (non-hydrogen) atoms. The summed E-state index contributed by atoms with van der Waals surface area (Å²) in [6.07, 6.45) is 4.88. The zero-order chi connectivity index (χ0) is 13.7. The van der Waals surface area contributed by atoms with E-state index in [2.05, 4.69) is 47.8 Å². The van der Waals surface area contributed by atoms with E-state index in [1.807, 2.05) is 6.07 Å². The summed E-state index contributed by atoms with van der Waals surface area (Å²) in [5, 5.41) is 3.26. The molecule has 1 aromatic carbocycles. The zero-order valence-electron chi connectivity index (χ0n) is 11.8. The van der Waals surface area contributed by atoms with Crippen LogP contribution in [-0.4, -0.2) is 12.0 Å². The Morgan fingerprint density at radius 2 is 2.05 bits per heavy atom. The fraction of sp³-hybridized carbons (Fsp3) is 0.533. The van der Waals surface area contributed by atoms with E-state index in [4.69, 9.17) is 5.84 Å². The van der Waals surface area contributed by atoms with Gasteiger partial charge in [-0.15, -0.1) is 0 Å². The van der Waals surface area contributed by atoms with Crippen molar-refractivity contribution < 1.29 is 0 Å². The van der Waals surface area contributed by atoms with E-state index in [0.717, 1.165) is 5.69 Å². The maximum absolute atomic E-state index is 5.55. The highest BCUT2D eigenvalue weighted by Gasteiger charge is 2.14. The second-order valence-corrected chi connectivity index (χ2v) is 5.47. The Morgan fingerprint density at radius 1 is 1.32 bits per heavy atom. The molecule has 1 fully saturated rings. The Labute approximate surface area is 115 Å². The molecule has 4 N–H and O–H groups in total. The number of benzene rings is 1. The van der Waals surface area contributed by atoms with Gasteiger partial charge >= 0.3 is 0 Å². The zero-order valence-corrected chi connectivity index (χ0v) is 11.8. The smallest absolute Gasteiger partial charge is 0.210 e. The second kappa shape index (κ2) is 6.57. The van der Waals surface area contributed by atoms with Gasteiger partial charge in [0, 0.05) is 5.69 Å². The Morgan fingerprint density at radius 3 is 2.68 bits per heavy atom. The lowest BCUT2D eigenvalue weighted by Gasteiger charge is -2.13. The largest absolute Gasteiger partial charge is 0.325 e. The SMILES string of the molecule is CC(C)c1cccc(NC(=NC2CCCC2)NN)c1. The molecule has 4 nitrogen and oxygen atoms in total. The molecule has 0 amide bonds. The van der Waals surface area contributed by atoms with Crippen LogP contribution in [-0.2, 0) is 0 Å². The van der Waals surface area contributed by atoms with Crippen LogP contribution in [0.2, 0.25) is 0 Å². The van der Waals surface area contributed by atoms with Crippen molar-refractivity contribution in [2.24, 2.45) is 10.8 Å². The first-order valence-electron chi connectivity index (χ1n) is 7.10. The van der Waals surface area contributed by atoms with Crippen molar-refractivity contribution in [2.75, 3.05) is 5.32 Å². The monoisotopic (exact) mass is 260 g/mol. The molecule has 0 unspecified atom stereocenters. The maximum atomic E-state index is 5.55. The lowest BCUT2D eigenvalue weighted by Crippen LogP contribution is -2.37. The van der Waals surface area contributed by atoms with Crippen molar-refractivity contribution in [2.45, 2.75) is 51.5 Å². The average Bonchev–Trinajstić information content (AvgIpc) is 2.91. The van der Waals surface area contributed by atoms with Gasteiger partial charge in [-0.2, -0.15) is 0 Å². The minimum atomic E-state index is 0.409. The van der Waals surface area contributed by atoms with Crippen LogP contribution in [0.3, 0.4) is 0 Å². The summed E-state index contributed by atoms with van der Waals surface area (Å²) in [7, 11) is 0. The highest BCUT2D eigenvalue weighted by Crippen LogP contribution is 2.21. The fourth-order valence-corrected chi connectivity index (χ4v) is 2.43. The number of rotatable bonds is 3. The van der Waals surface area contributed by atoms with Gasteiger partial charge in [-0.05, 0) is 36.5 Å². The first-order valence-corrected chi connectivity index (χ1v) is 7.10. The predicted octanol–water partition coefficient (Wildman–Crippen LogP) is 2.98. The number of hydrogen-bond acceptors (Lipinski definition) is 2. The quantitative estimate of drug-likeness (QED) is 0.339. The standard InChI is InChI=1S/C15H24N4/c1-11(2)12-6-5-9-14(10-12)18-15(19-16)17-13-7-3-4-8-13/h5-6,9-11,13H,3-4,7-8,16H2,1-2H3,(H2,17,18,19). The number of hydrazine groups is 1. The van der Waals surface area contributed by atoms with Crippen molar-refractivity contribution >= 4 is 11.6 Å². The lowest BCUT2D eigenvalue weighted by atomic mass is 10.0. The van der Waals surface area contributed by atoms with Crippen molar-refractivity contribution in [1.82, 2.24) is 5.43 Å². The van der Waals surface area contributed by atoms with Crippen molar-refractivity contribution in [1.29, 1.82) is 0 Å². The summed E-state index contributed by atoms with van der Waals surface area (Å²) < 4.78 is 0. The minimum absolute atomic E-state index is 0.409. The molecule has 2 rings (SSSR count). The average molecular weight is 260 g/mol. The predicted molar refractivity (Wildman–Crippen MR) is 81.2 cm³/mol. The Kier molecular flexibility index (Phi) is 4.80. The number of nitrogens with two attached hydrogens (primary N) is 1. The molecular weight excluding hydrogens is 236 g/mol. The third-order valence-electron chi connectivity index (χ3n) is 3.59. The number of nitrogens with one attached hydrogen (secondary N) is 2. The van der Waals surface area contributed by atoms with Gasteiger partial charge in [-0.1, -0.05) is 38.8 Å². The van der Waals surface area contributed by atoms with Gasteiger partial charge in [-0.3, -0.25) is 5.43 Å². The van der Waals surface area contributed by atoms with Crippen molar-refractivity contribution in [3.63, 3.8) is 0 Å². The molecule has 4 heteroatoms. The van der Waals surface area contributed by atoms with Gasteiger partial charge in [0.25, 0.3) is 0 Å². The molecule has 0 aliphatic heterocycles. The van der Waals surface area contributed by atoms with E-state index in [-0.39, 0.29) is 0 Å². The number of anilines is 1. The normalized spacial score (nSPS) is 16.9. The van der Waals surface area contributed by atoms with E-state index < -0.39 is 0 Å². The molecule has 104 valence electrons. The van der Waals surface area contributed by atoms with E-state index in [0.29, 0.717) is 17.9 Å². The Bertz CT molecular complexity index is 434. The van der Waals surface area contributed by atoms with Gasteiger partial charge in [-0.25, -0.2) is 10.8 Å². The number of guanidine groups is 1. The highest BCUT2D eigenvalue weighted by molar-refractivity contribution is 5.93. The second-order valence-electron chi connectivity index (χ2n) is 5.47. The molecule has 0 heterocycles. The summed E-state index contributed by atoms with van der Waals surface area (Å²) >= 11 is 0. The van der Waals surface area contributed by atoms with E-state index in [9.17, 15) is 0 Å². The number of nitrogens with zero attached hydrogens (tertiary/aromatic N) is 1. The van der Waals surface area contributed by atoms with E-state index >= 15 is 0 Å². The lowest BCUT2D eigenvalue weighted by molar-refractivity contribution is 0.700. The fourth-order valence-electron chi connectivity index (χ4n) is 2.43. The number of aliphatic imine (C=N–C) groups is 1. The van der Waals surface area contributed by atoms with Gasteiger partial charge in [0.2, 0.25) is 5.96 Å². The molecule has 0 spiro atoms. The topological polar surface area (TPSA) is 62.4 Å². The molecule has 1 aliphatic carbocycles. The molecule has 0 aromatic heterocycles. The van der Waals surface area contributed by atoms with Gasteiger partial charge in [0.15, 0.2) is 0 Å². The Balaban J connectivity index is 2.07. The van der Waals surface area contributed by atoms with Crippen LogP contribution in [0.5, 0.6) is 0 Å². The molecule has 0 bridgehead atoms. The first-order chi connectivity index (χ1) is 9.19. The molecule has 0 atom stereocenters. The maximum Gasteiger partial charge on any atom is 0.210 e. The van der Waals surface area contributed by atoms with Crippen LogP contribution in [0, 0.1) is 0 Å². The van der Waals surface area contributed by atoms with E-state index in [1.165, 1.54) is 31.2 Å². The molecule has 1 saturated carbocycles. The molecular formula is C15H24N4. The molecule has 1 aliphatic rings.